The summed E-state index contributed by atoms with van der Waals surface area (Å²) in [6, 6.07) is 8.95. The normalized spacial score (nSPS) is 35.4. The van der Waals surface area contributed by atoms with E-state index in [-0.39, 0.29) is 61.1 Å². The van der Waals surface area contributed by atoms with Crippen molar-refractivity contribution in [3.8, 4) is 0 Å². The number of methoxy groups -OCH3 is 1. The van der Waals surface area contributed by atoms with Gasteiger partial charge in [-0.2, -0.15) is 0 Å². The van der Waals surface area contributed by atoms with Gasteiger partial charge < -0.3 is 56.1 Å². The van der Waals surface area contributed by atoms with Gasteiger partial charge in [-0.3, -0.25) is 4.79 Å². The highest BCUT2D eigenvalue weighted by Gasteiger charge is 2.68. The van der Waals surface area contributed by atoms with Gasteiger partial charge in [-0.1, -0.05) is 84.0 Å². The average Bonchev–Trinajstić information content (AvgIpc) is 3.69. The van der Waals surface area contributed by atoms with Crippen LogP contribution in [0.1, 0.15) is 89.2 Å². The van der Waals surface area contributed by atoms with Crippen molar-refractivity contribution in [2.75, 3.05) is 73.9 Å². The van der Waals surface area contributed by atoms with Crippen LogP contribution in [-0.2, 0) is 27.1 Å². The van der Waals surface area contributed by atoms with Gasteiger partial charge >= 0.3 is 0 Å². The number of carbonyl (C=O) groups is 1. The molecule has 4 aliphatic carbocycles. The SMILES string of the molecule is C=C(C=CC=C(COCC(O)CO)C1CCC2(C1O)C1C(=C(C)C=O)C(C=CC1CCO)CC2(O)CCNC)C1CC=C(C)CNC(CCOC)(C2CC(O)CCC2CNC)Cc2cccc(c2)C1. The number of benzene rings is 1. The standard InChI is InChI=1S/C57H87N3O9/c1-38-13-14-44(28-41-10-8-11-42(27-41)30-55(60-32-38,23-26-68-6)51-29-48(64)18-17-46(51)33-59-5)39(2)9-7-12-47(36-69-37-49(65)35-63)50-19-21-57(54(50)66)53-43(20-25-61)15-16-45(52(53)40(3)34-62)31-56(57,67)22-24-58-4/h7-13,15-16,27,34,43-46,48-51,53-54,58-61,63-67H,2,14,17-26,28-33,35-37H2,1,3-6H3. The van der Waals surface area contributed by atoms with E-state index in [2.05, 4.69) is 78.0 Å². The number of nitrogens with one attached hydrogen (secondary N) is 3. The molecule has 13 unspecified atom stereocenters. The molecule has 384 valence electrons. The molecule has 4 bridgehead atoms. The minimum Gasteiger partial charge on any atom is -0.396 e. The Bertz CT molecular complexity index is 2010. The van der Waals surface area contributed by atoms with E-state index >= 15 is 0 Å². The van der Waals surface area contributed by atoms with Gasteiger partial charge in [0.25, 0.3) is 0 Å². The third-order valence-corrected chi connectivity index (χ3v) is 17.2. The van der Waals surface area contributed by atoms with Gasteiger partial charge in [-0.05, 0) is 170 Å². The lowest BCUT2D eigenvalue weighted by Gasteiger charge is -2.61. The number of aliphatic hydroxyl groups excluding tert-OH is 5. The maximum absolute atomic E-state index is 13.0. The third-order valence-electron chi connectivity index (χ3n) is 17.2. The Morgan fingerprint density at radius 1 is 1.09 bits per heavy atom. The van der Waals surface area contributed by atoms with Gasteiger partial charge in [-0.15, -0.1) is 0 Å². The molecule has 1 spiro atoms. The molecule has 0 aromatic heterocycles. The first-order valence-corrected chi connectivity index (χ1v) is 26.0. The first-order valence-electron chi connectivity index (χ1n) is 26.0. The highest BCUT2D eigenvalue weighted by Crippen LogP contribution is 2.67. The third kappa shape index (κ3) is 12.6. The summed E-state index contributed by atoms with van der Waals surface area (Å²) in [4.78, 5) is 12.5. The topological polar surface area (TPSA) is 193 Å². The van der Waals surface area contributed by atoms with E-state index in [0.717, 1.165) is 74.5 Å². The van der Waals surface area contributed by atoms with Crippen molar-refractivity contribution in [2.45, 2.75) is 120 Å². The second-order valence-electron chi connectivity index (χ2n) is 21.5. The first kappa shape index (κ1) is 55.2. The van der Waals surface area contributed by atoms with E-state index in [1.54, 1.807) is 7.11 Å². The fourth-order valence-corrected chi connectivity index (χ4v) is 13.7. The monoisotopic (exact) mass is 958 g/mol. The van der Waals surface area contributed by atoms with Gasteiger partial charge in [0, 0.05) is 49.7 Å². The lowest BCUT2D eigenvalue weighted by atomic mass is 9.45. The summed E-state index contributed by atoms with van der Waals surface area (Å²) in [6.07, 6.45) is 19.2. The van der Waals surface area contributed by atoms with E-state index < -0.39 is 35.7 Å². The zero-order chi connectivity index (χ0) is 49.8. The average molecular weight is 958 g/mol. The molecule has 0 amide bonds. The number of rotatable bonds is 21. The molecule has 5 aliphatic rings. The van der Waals surface area contributed by atoms with Gasteiger partial charge in [0.2, 0.25) is 0 Å². The minimum atomic E-state index is -1.28. The minimum absolute atomic E-state index is 0.0625. The zero-order valence-electron chi connectivity index (χ0n) is 42.4. The molecule has 6 rings (SSSR count). The van der Waals surface area contributed by atoms with Crippen LogP contribution in [0.5, 0.6) is 0 Å². The molecule has 1 aromatic rings. The Kier molecular flexibility index (Phi) is 20.4. The summed E-state index contributed by atoms with van der Waals surface area (Å²) >= 11 is 0. The predicted octanol–water partition coefficient (Wildman–Crippen LogP) is 5.33. The largest absolute Gasteiger partial charge is 0.396 e. The van der Waals surface area contributed by atoms with Crippen LogP contribution in [0.25, 0.3) is 0 Å². The maximum Gasteiger partial charge on any atom is 0.145 e. The van der Waals surface area contributed by atoms with Crippen LogP contribution in [0.3, 0.4) is 0 Å². The van der Waals surface area contributed by atoms with E-state index in [0.29, 0.717) is 63.3 Å². The summed E-state index contributed by atoms with van der Waals surface area (Å²) in [6.45, 7) is 11.0. The summed E-state index contributed by atoms with van der Waals surface area (Å²) in [5, 5.41) is 78.0. The van der Waals surface area contributed by atoms with Crippen LogP contribution in [0, 0.1) is 46.8 Å². The molecule has 3 saturated carbocycles. The molecular weight excluding hydrogens is 871 g/mol. The van der Waals surface area contributed by atoms with E-state index in [4.69, 9.17) is 9.47 Å². The smallest absolute Gasteiger partial charge is 0.145 e. The van der Waals surface area contributed by atoms with Crippen molar-refractivity contribution in [1.29, 1.82) is 0 Å². The second-order valence-corrected chi connectivity index (χ2v) is 21.5. The number of allylic oxidation sites excluding steroid dienone is 9. The van der Waals surface area contributed by atoms with Crippen LogP contribution in [0.15, 0.2) is 95.2 Å². The van der Waals surface area contributed by atoms with Crippen molar-refractivity contribution >= 4 is 6.29 Å². The Hall–Kier alpha value is -3.11. The molecule has 12 nitrogen and oxygen atoms in total. The number of aldehydes is 1. The van der Waals surface area contributed by atoms with Crippen molar-refractivity contribution in [1.82, 2.24) is 16.0 Å². The summed E-state index contributed by atoms with van der Waals surface area (Å²) in [5.74, 6) is -0.345. The summed E-state index contributed by atoms with van der Waals surface area (Å²) in [7, 11) is 5.65. The Morgan fingerprint density at radius 2 is 1.88 bits per heavy atom. The van der Waals surface area contributed by atoms with Crippen molar-refractivity contribution in [3.63, 3.8) is 0 Å². The van der Waals surface area contributed by atoms with Crippen molar-refractivity contribution < 1.29 is 44.9 Å². The number of hydrogen-bond donors (Lipinski definition) is 9. The van der Waals surface area contributed by atoms with Gasteiger partial charge in [0.15, 0.2) is 0 Å². The van der Waals surface area contributed by atoms with Crippen molar-refractivity contribution in [3.05, 3.63) is 106 Å². The van der Waals surface area contributed by atoms with Gasteiger partial charge in [-0.25, -0.2) is 0 Å². The molecule has 9 N–H and O–H groups in total. The van der Waals surface area contributed by atoms with Gasteiger partial charge in [0.1, 0.15) is 12.4 Å². The molecule has 1 aliphatic heterocycles. The fourth-order valence-electron chi connectivity index (χ4n) is 13.7. The Morgan fingerprint density at radius 3 is 2.61 bits per heavy atom. The van der Waals surface area contributed by atoms with E-state index in [1.165, 1.54) is 16.7 Å². The van der Waals surface area contributed by atoms with Crippen LogP contribution in [-0.4, -0.2) is 140 Å². The highest BCUT2D eigenvalue weighted by atomic mass is 16.5. The van der Waals surface area contributed by atoms with Crippen LogP contribution >= 0.6 is 0 Å². The van der Waals surface area contributed by atoms with Gasteiger partial charge in [0.05, 0.1) is 37.6 Å². The number of hydrogen-bond acceptors (Lipinski definition) is 12. The molecule has 3 fully saturated rings. The molecule has 13 atom stereocenters. The zero-order valence-corrected chi connectivity index (χ0v) is 42.4. The highest BCUT2D eigenvalue weighted by molar-refractivity contribution is 5.74. The van der Waals surface area contributed by atoms with Crippen LogP contribution in [0.2, 0.25) is 0 Å². The van der Waals surface area contributed by atoms with E-state index in [1.807, 2.05) is 33.2 Å². The van der Waals surface area contributed by atoms with Crippen LogP contribution in [0.4, 0.5) is 0 Å². The summed E-state index contributed by atoms with van der Waals surface area (Å²) in [5.41, 5.74) is 4.51. The molecule has 0 radical (unpaired) electrons. The summed E-state index contributed by atoms with van der Waals surface area (Å²) < 4.78 is 11.8. The number of ether oxygens (including phenoxy) is 2. The number of fused-ring (bicyclic) bond motifs is 5. The lowest BCUT2D eigenvalue weighted by Crippen LogP contribution is -2.65. The Labute approximate surface area is 413 Å². The molecule has 12 heteroatoms. The second kappa shape index (κ2) is 25.5. The first-order chi connectivity index (χ1) is 33.2. The lowest BCUT2D eigenvalue weighted by molar-refractivity contribution is -0.194. The molecule has 0 saturated heterocycles. The maximum atomic E-state index is 13.0. The predicted molar refractivity (Wildman–Crippen MR) is 273 cm³/mol. The molecule has 1 heterocycles. The Balaban J connectivity index is 1.32. The number of carbonyl (C=O) groups excluding carboxylic acids is 1. The van der Waals surface area contributed by atoms with Crippen LogP contribution < -0.4 is 16.0 Å². The molecule has 69 heavy (non-hydrogen) atoms. The molecular formula is C57H87N3O9. The van der Waals surface area contributed by atoms with Crippen molar-refractivity contribution in [2.24, 2.45) is 46.8 Å². The fraction of sp³-hybridized carbons (Fsp3) is 0.667. The number of aliphatic hydroxyl groups is 6. The quantitative estimate of drug-likeness (QED) is 0.0334. The van der Waals surface area contributed by atoms with E-state index in [9.17, 15) is 35.4 Å². The molecule has 1 aromatic carbocycles.